The minimum atomic E-state index is -0.709. The fourth-order valence-electron chi connectivity index (χ4n) is 1.72. The van der Waals surface area contributed by atoms with E-state index >= 15 is 0 Å². The molecule has 0 saturated heterocycles. The summed E-state index contributed by atoms with van der Waals surface area (Å²) in [5.74, 6) is 0. The Hall–Kier alpha value is -2.80. The number of nitrogens with one attached hydrogen (secondary N) is 1. The number of hydrogen-bond acceptors (Lipinski definition) is 3. The van der Waals surface area contributed by atoms with Crippen LogP contribution in [-0.4, -0.2) is 6.09 Å². The maximum atomic E-state index is 11.7. The molecule has 20 heavy (non-hydrogen) atoms. The summed E-state index contributed by atoms with van der Waals surface area (Å²) in [7, 11) is 0. The molecule has 2 aromatic carbocycles. The first-order chi connectivity index (χ1) is 9.79. The zero-order chi connectivity index (χ0) is 14.2. The number of carbonyl (C=O) groups excluding carboxylic acids is 1. The predicted octanol–water partition coefficient (Wildman–Crippen LogP) is 3.18. The maximum absolute atomic E-state index is 11.7. The summed E-state index contributed by atoms with van der Waals surface area (Å²) in [6.07, 6.45) is -0.607. The second-order valence-corrected chi connectivity index (χ2v) is 4.18. The van der Waals surface area contributed by atoms with Crippen LogP contribution >= 0.6 is 0 Å². The molecule has 0 heterocycles. The summed E-state index contributed by atoms with van der Waals surface area (Å²) in [6.45, 7) is 0.180. The van der Waals surface area contributed by atoms with Crippen LogP contribution in [0.15, 0.2) is 60.7 Å². The number of hydrogen-bond donors (Lipinski definition) is 1. The van der Waals surface area contributed by atoms with Crippen LogP contribution < -0.4 is 5.32 Å². The Kier molecular flexibility index (Phi) is 4.74. The van der Waals surface area contributed by atoms with Gasteiger partial charge in [0.05, 0.1) is 6.07 Å². The lowest BCUT2D eigenvalue weighted by Gasteiger charge is -2.12. The normalized spacial score (nSPS) is 11.2. The first-order valence-electron chi connectivity index (χ1n) is 6.21. The second-order valence-electron chi connectivity index (χ2n) is 4.18. The van der Waals surface area contributed by atoms with Crippen molar-refractivity contribution in [3.8, 4) is 6.07 Å². The van der Waals surface area contributed by atoms with E-state index in [4.69, 9.17) is 10.00 Å². The van der Waals surface area contributed by atoms with E-state index in [1.807, 2.05) is 54.6 Å². The summed E-state index contributed by atoms with van der Waals surface area (Å²) in [5, 5.41) is 11.6. The van der Waals surface area contributed by atoms with Gasteiger partial charge >= 0.3 is 6.09 Å². The van der Waals surface area contributed by atoms with Gasteiger partial charge in [-0.25, -0.2) is 4.79 Å². The number of nitrogens with zero attached hydrogens (tertiary/aromatic N) is 1. The van der Waals surface area contributed by atoms with Gasteiger partial charge in [0.2, 0.25) is 0 Å². The molecule has 0 saturated carbocycles. The van der Waals surface area contributed by atoms with E-state index in [0.29, 0.717) is 0 Å². The molecule has 2 rings (SSSR count). The number of benzene rings is 2. The molecule has 1 amide bonds. The van der Waals surface area contributed by atoms with Crippen LogP contribution in [0.25, 0.3) is 0 Å². The smallest absolute Gasteiger partial charge is 0.408 e. The molecule has 0 bridgehead atoms. The Morgan fingerprint density at radius 3 is 2.30 bits per heavy atom. The maximum Gasteiger partial charge on any atom is 0.408 e. The van der Waals surface area contributed by atoms with Gasteiger partial charge in [-0.1, -0.05) is 60.7 Å². The highest BCUT2D eigenvalue weighted by molar-refractivity contribution is 5.68. The van der Waals surface area contributed by atoms with Crippen molar-refractivity contribution < 1.29 is 9.53 Å². The van der Waals surface area contributed by atoms with E-state index in [1.54, 1.807) is 12.1 Å². The molecule has 100 valence electrons. The van der Waals surface area contributed by atoms with Crippen molar-refractivity contribution in [2.45, 2.75) is 12.6 Å². The fraction of sp³-hybridized carbons (Fsp3) is 0.125. The molecule has 0 aliphatic carbocycles. The van der Waals surface area contributed by atoms with Gasteiger partial charge in [-0.3, -0.25) is 0 Å². The third-order valence-electron chi connectivity index (χ3n) is 2.74. The molecule has 1 N–H and O–H groups in total. The minimum absolute atomic E-state index is 0.180. The zero-order valence-electron chi connectivity index (χ0n) is 10.8. The second kappa shape index (κ2) is 6.95. The van der Waals surface area contributed by atoms with Gasteiger partial charge < -0.3 is 10.1 Å². The van der Waals surface area contributed by atoms with Gasteiger partial charge in [0.15, 0.2) is 0 Å². The Bertz CT molecular complexity index is 591. The summed E-state index contributed by atoms with van der Waals surface area (Å²) in [5.41, 5.74) is 1.63. The summed E-state index contributed by atoms with van der Waals surface area (Å²) >= 11 is 0. The molecular weight excluding hydrogens is 252 g/mol. The van der Waals surface area contributed by atoms with Crippen LogP contribution in [0.1, 0.15) is 17.2 Å². The van der Waals surface area contributed by atoms with Crippen LogP contribution in [-0.2, 0) is 11.3 Å². The summed E-state index contributed by atoms with van der Waals surface area (Å²) in [4.78, 5) is 11.7. The van der Waals surface area contributed by atoms with E-state index in [-0.39, 0.29) is 6.61 Å². The highest BCUT2D eigenvalue weighted by Crippen LogP contribution is 2.11. The van der Waals surface area contributed by atoms with E-state index in [2.05, 4.69) is 5.32 Å². The Balaban J connectivity index is 1.89. The van der Waals surface area contributed by atoms with Crippen LogP contribution in [0.3, 0.4) is 0 Å². The largest absolute Gasteiger partial charge is 0.445 e. The lowest BCUT2D eigenvalue weighted by atomic mass is 10.1. The van der Waals surface area contributed by atoms with E-state index in [1.165, 1.54) is 0 Å². The van der Waals surface area contributed by atoms with Crippen LogP contribution in [0, 0.1) is 11.3 Å². The van der Waals surface area contributed by atoms with Gasteiger partial charge in [-0.2, -0.15) is 5.26 Å². The molecule has 0 aromatic heterocycles. The first-order valence-corrected chi connectivity index (χ1v) is 6.21. The van der Waals surface area contributed by atoms with Gasteiger partial charge in [0, 0.05) is 0 Å². The summed E-state index contributed by atoms with van der Waals surface area (Å²) < 4.78 is 5.08. The van der Waals surface area contributed by atoms with E-state index in [9.17, 15) is 4.79 Å². The molecule has 0 aliphatic heterocycles. The van der Waals surface area contributed by atoms with Crippen molar-refractivity contribution in [1.29, 1.82) is 5.26 Å². The van der Waals surface area contributed by atoms with Gasteiger partial charge in [-0.15, -0.1) is 0 Å². The Morgan fingerprint density at radius 1 is 1.10 bits per heavy atom. The summed E-state index contributed by atoms with van der Waals surface area (Å²) in [6, 6.07) is 19.8. The number of rotatable bonds is 4. The average Bonchev–Trinajstić information content (AvgIpc) is 2.52. The van der Waals surface area contributed by atoms with Crippen molar-refractivity contribution in [2.24, 2.45) is 0 Å². The van der Waals surface area contributed by atoms with E-state index < -0.39 is 12.1 Å². The number of carbonyl (C=O) groups is 1. The molecule has 0 radical (unpaired) electrons. The van der Waals surface area contributed by atoms with E-state index in [0.717, 1.165) is 11.1 Å². The fourth-order valence-corrected chi connectivity index (χ4v) is 1.72. The van der Waals surface area contributed by atoms with Crippen LogP contribution in [0.4, 0.5) is 4.79 Å². The zero-order valence-corrected chi connectivity index (χ0v) is 10.8. The number of alkyl carbamates (subject to hydrolysis) is 1. The highest BCUT2D eigenvalue weighted by Gasteiger charge is 2.14. The van der Waals surface area contributed by atoms with Gasteiger partial charge in [-0.05, 0) is 11.1 Å². The van der Waals surface area contributed by atoms with Crippen molar-refractivity contribution in [3.63, 3.8) is 0 Å². The standard InChI is InChI=1S/C16H14N2O2/c17-11-15(14-9-5-2-6-10-14)18-16(19)20-12-13-7-3-1-4-8-13/h1-10,15H,12H2,(H,18,19)/t15-/m0/s1. The van der Waals surface area contributed by atoms with Crippen molar-refractivity contribution in [3.05, 3.63) is 71.8 Å². The van der Waals surface area contributed by atoms with Gasteiger partial charge in [0.1, 0.15) is 12.6 Å². The van der Waals surface area contributed by atoms with Crippen LogP contribution in [0.5, 0.6) is 0 Å². The molecule has 4 nitrogen and oxygen atoms in total. The molecule has 0 fully saturated rings. The quantitative estimate of drug-likeness (QED) is 0.924. The predicted molar refractivity (Wildman–Crippen MR) is 74.6 cm³/mol. The van der Waals surface area contributed by atoms with Crippen LogP contribution in [0.2, 0.25) is 0 Å². The molecule has 1 atom stereocenters. The highest BCUT2D eigenvalue weighted by atomic mass is 16.5. The molecule has 0 aliphatic rings. The Morgan fingerprint density at radius 2 is 1.70 bits per heavy atom. The average molecular weight is 266 g/mol. The Labute approximate surface area is 117 Å². The third kappa shape index (κ3) is 3.85. The molecule has 0 unspecified atom stereocenters. The minimum Gasteiger partial charge on any atom is -0.445 e. The monoisotopic (exact) mass is 266 g/mol. The lowest BCUT2D eigenvalue weighted by Crippen LogP contribution is -2.28. The van der Waals surface area contributed by atoms with Gasteiger partial charge in [0.25, 0.3) is 0 Å². The molecule has 4 heteroatoms. The molecule has 2 aromatic rings. The number of ether oxygens (including phenoxy) is 1. The lowest BCUT2D eigenvalue weighted by molar-refractivity contribution is 0.137. The van der Waals surface area contributed by atoms with Crippen molar-refractivity contribution in [1.82, 2.24) is 5.32 Å². The molecular formula is C16H14N2O2. The molecule has 0 spiro atoms. The topological polar surface area (TPSA) is 62.1 Å². The van der Waals surface area contributed by atoms with Crippen molar-refractivity contribution >= 4 is 6.09 Å². The number of nitriles is 1. The van der Waals surface area contributed by atoms with Crippen molar-refractivity contribution in [2.75, 3.05) is 0 Å². The SMILES string of the molecule is N#C[C@H](NC(=O)OCc1ccccc1)c1ccccc1. The third-order valence-corrected chi connectivity index (χ3v) is 2.74. The number of amides is 1. The first kappa shape index (κ1) is 13.6.